The van der Waals surface area contributed by atoms with Crippen molar-refractivity contribution < 1.29 is 0 Å². The minimum Gasteiger partial charge on any atom is -0.309 e. The molecule has 1 N–H and O–H groups in total. The van der Waals surface area contributed by atoms with Gasteiger partial charge in [0.1, 0.15) is 12.2 Å². The van der Waals surface area contributed by atoms with Crippen molar-refractivity contribution in [1.82, 2.24) is 25.0 Å². The number of nitrogens with zero attached hydrogens (tertiary/aromatic N) is 4. The van der Waals surface area contributed by atoms with Crippen LogP contribution in [0.25, 0.3) is 0 Å². The third-order valence-electron chi connectivity index (χ3n) is 4.17. The number of hydrogen-bond acceptors (Lipinski definition) is 4. The molecule has 5 heteroatoms. The van der Waals surface area contributed by atoms with E-state index >= 15 is 0 Å². The summed E-state index contributed by atoms with van der Waals surface area (Å²) < 4.78 is 1.89. The minimum atomic E-state index is 0.198. The van der Waals surface area contributed by atoms with Gasteiger partial charge in [-0.3, -0.25) is 9.58 Å². The Labute approximate surface area is 109 Å². The van der Waals surface area contributed by atoms with E-state index in [1.165, 1.54) is 12.8 Å². The molecule has 1 saturated heterocycles. The zero-order valence-corrected chi connectivity index (χ0v) is 11.6. The quantitative estimate of drug-likeness (QED) is 0.860. The first-order valence-corrected chi connectivity index (χ1v) is 6.87. The molecule has 1 aliphatic heterocycles. The maximum atomic E-state index is 4.36. The van der Waals surface area contributed by atoms with Gasteiger partial charge in [-0.15, -0.1) is 0 Å². The standard InChI is InChI=1S/C13H23N5/c1-13(2)8-18(7-12-14-9-16-17(12)3)11(6-15-13)10-4-5-10/h9-11,15H,4-8H2,1-3H3. The SMILES string of the molecule is Cn1ncnc1CN1CC(C)(C)NCC1C1CC1. The van der Waals surface area contributed by atoms with Crippen LogP contribution in [0.5, 0.6) is 0 Å². The van der Waals surface area contributed by atoms with Crippen LogP contribution in [0.2, 0.25) is 0 Å². The first-order chi connectivity index (χ1) is 8.55. The lowest BCUT2D eigenvalue weighted by molar-refractivity contribution is 0.0725. The molecule has 1 aromatic heterocycles. The van der Waals surface area contributed by atoms with Gasteiger partial charge in [-0.25, -0.2) is 4.98 Å². The lowest BCUT2D eigenvalue weighted by Crippen LogP contribution is -2.61. The molecule has 100 valence electrons. The van der Waals surface area contributed by atoms with E-state index < -0.39 is 0 Å². The van der Waals surface area contributed by atoms with Crippen LogP contribution >= 0.6 is 0 Å². The van der Waals surface area contributed by atoms with Gasteiger partial charge in [-0.05, 0) is 32.6 Å². The van der Waals surface area contributed by atoms with Crippen LogP contribution in [0, 0.1) is 5.92 Å². The highest BCUT2D eigenvalue weighted by Crippen LogP contribution is 2.37. The Balaban J connectivity index is 1.75. The van der Waals surface area contributed by atoms with E-state index in [0.717, 1.165) is 31.4 Å². The molecule has 2 aliphatic rings. The van der Waals surface area contributed by atoms with Crippen molar-refractivity contribution in [2.45, 2.75) is 44.8 Å². The molecule has 1 aromatic rings. The molecule has 5 nitrogen and oxygen atoms in total. The molecule has 0 spiro atoms. The normalized spacial score (nSPS) is 28.5. The molecule has 0 aromatic carbocycles. The van der Waals surface area contributed by atoms with E-state index in [2.05, 4.69) is 34.1 Å². The van der Waals surface area contributed by atoms with Gasteiger partial charge in [0.2, 0.25) is 0 Å². The summed E-state index contributed by atoms with van der Waals surface area (Å²) in [7, 11) is 1.97. The number of aromatic nitrogens is 3. The van der Waals surface area contributed by atoms with Gasteiger partial charge < -0.3 is 5.32 Å². The first kappa shape index (κ1) is 12.1. The molecule has 1 saturated carbocycles. The van der Waals surface area contributed by atoms with Crippen LogP contribution < -0.4 is 5.32 Å². The highest BCUT2D eigenvalue weighted by molar-refractivity contribution is 5.00. The Hall–Kier alpha value is -0.940. The summed E-state index contributed by atoms with van der Waals surface area (Å²) in [6, 6.07) is 0.676. The van der Waals surface area contributed by atoms with Crippen molar-refractivity contribution in [3.05, 3.63) is 12.2 Å². The van der Waals surface area contributed by atoms with Crippen molar-refractivity contribution in [3.8, 4) is 0 Å². The van der Waals surface area contributed by atoms with E-state index in [4.69, 9.17) is 0 Å². The summed E-state index contributed by atoms with van der Waals surface area (Å²) in [6.45, 7) is 7.67. The van der Waals surface area contributed by atoms with Crippen molar-refractivity contribution in [2.24, 2.45) is 13.0 Å². The van der Waals surface area contributed by atoms with E-state index in [0.29, 0.717) is 6.04 Å². The minimum absolute atomic E-state index is 0.198. The highest BCUT2D eigenvalue weighted by Gasteiger charge is 2.41. The molecule has 18 heavy (non-hydrogen) atoms. The van der Waals surface area contributed by atoms with Gasteiger partial charge in [0.25, 0.3) is 0 Å². The van der Waals surface area contributed by atoms with Gasteiger partial charge in [0, 0.05) is 31.7 Å². The second-order valence-electron chi connectivity index (χ2n) is 6.37. The van der Waals surface area contributed by atoms with Crippen LogP contribution in [-0.2, 0) is 13.6 Å². The fourth-order valence-electron chi connectivity index (χ4n) is 2.95. The van der Waals surface area contributed by atoms with E-state index in [1.807, 2.05) is 11.7 Å². The summed E-state index contributed by atoms with van der Waals surface area (Å²) in [4.78, 5) is 6.96. The summed E-state index contributed by atoms with van der Waals surface area (Å²) in [6.07, 6.45) is 4.43. The lowest BCUT2D eigenvalue weighted by Gasteiger charge is -2.44. The average Bonchev–Trinajstić information content (AvgIpc) is 3.04. The Kier molecular flexibility index (Phi) is 2.90. The molecular formula is C13H23N5. The number of rotatable bonds is 3. The van der Waals surface area contributed by atoms with Crippen molar-refractivity contribution in [3.63, 3.8) is 0 Å². The zero-order chi connectivity index (χ0) is 12.8. The lowest BCUT2D eigenvalue weighted by atomic mass is 9.96. The van der Waals surface area contributed by atoms with Crippen molar-refractivity contribution >= 4 is 0 Å². The Morgan fingerprint density at radius 3 is 2.83 bits per heavy atom. The Bertz CT molecular complexity index is 421. The van der Waals surface area contributed by atoms with Crippen LogP contribution in [0.3, 0.4) is 0 Å². The molecule has 0 amide bonds. The van der Waals surface area contributed by atoms with Crippen LogP contribution in [0.4, 0.5) is 0 Å². The van der Waals surface area contributed by atoms with Gasteiger partial charge in [-0.1, -0.05) is 0 Å². The Morgan fingerprint density at radius 1 is 1.44 bits per heavy atom. The van der Waals surface area contributed by atoms with Crippen molar-refractivity contribution in [1.29, 1.82) is 0 Å². The molecule has 1 aliphatic carbocycles. The molecular weight excluding hydrogens is 226 g/mol. The number of aryl methyl sites for hydroxylation is 1. The fourth-order valence-corrected chi connectivity index (χ4v) is 2.95. The monoisotopic (exact) mass is 249 g/mol. The van der Waals surface area contributed by atoms with E-state index in [9.17, 15) is 0 Å². The summed E-state index contributed by atoms with van der Waals surface area (Å²) in [5, 5.41) is 7.84. The van der Waals surface area contributed by atoms with Crippen LogP contribution in [0.15, 0.2) is 6.33 Å². The van der Waals surface area contributed by atoms with Gasteiger partial charge in [0.05, 0.1) is 6.54 Å². The topological polar surface area (TPSA) is 46.0 Å². The molecule has 3 rings (SSSR count). The summed E-state index contributed by atoms with van der Waals surface area (Å²) in [5.41, 5.74) is 0.198. The third kappa shape index (κ3) is 2.42. The number of piperazine rings is 1. The highest BCUT2D eigenvalue weighted by atomic mass is 15.3. The van der Waals surface area contributed by atoms with Crippen molar-refractivity contribution in [2.75, 3.05) is 13.1 Å². The van der Waals surface area contributed by atoms with Gasteiger partial charge >= 0.3 is 0 Å². The van der Waals surface area contributed by atoms with Crippen LogP contribution in [0.1, 0.15) is 32.5 Å². The third-order valence-corrected chi connectivity index (χ3v) is 4.17. The zero-order valence-electron chi connectivity index (χ0n) is 11.6. The van der Waals surface area contributed by atoms with Gasteiger partial charge in [0.15, 0.2) is 0 Å². The van der Waals surface area contributed by atoms with Gasteiger partial charge in [-0.2, -0.15) is 5.10 Å². The second-order valence-corrected chi connectivity index (χ2v) is 6.37. The predicted molar refractivity (Wildman–Crippen MR) is 70.0 cm³/mol. The molecule has 2 fully saturated rings. The first-order valence-electron chi connectivity index (χ1n) is 6.87. The number of hydrogen-bond donors (Lipinski definition) is 1. The smallest absolute Gasteiger partial charge is 0.140 e. The number of nitrogens with one attached hydrogen (secondary N) is 1. The maximum absolute atomic E-state index is 4.36. The molecule has 2 heterocycles. The molecule has 1 atom stereocenters. The molecule has 0 radical (unpaired) electrons. The molecule has 1 unspecified atom stereocenters. The summed E-state index contributed by atoms with van der Waals surface area (Å²) in [5.74, 6) is 1.96. The Morgan fingerprint density at radius 2 is 2.22 bits per heavy atom. The maximum Gasteiger partial charge on any atom is 0.140 e. The van der Waals surface area contributed by atoms with E-state index in [-0.39, 0.29) is 5.54 Å². The molecule has 0 bridgehead atoms. The predicted octanol–water partition coefficient (Wildman–Crippen LogP) is 0.777. The van der Waals surface area contributed by atoms with E-state index in [1.54, 1.807) is 6.33 Å². The summed E-state index contributed by atoms with van der Waals surface area (Å²) >= 11 is 0. The second kappa shape index (κ2) is 4.31. The largest absolute Gasteiger partial charge is 0.309 e. The average molecular weight is 249 g/mol. The van der Waals surface area contributed by atoms with Crippen LogP contribution in [-0.4, -0.2) is 44.3 Å². The fraction of sp³-hybridized carbons (Fsp3) is 0.846.